The molecule has 0 aliphatic carbocycles. The fourth-order valence-electron chi connectivity index (χ4n) is 8.39. The Labute approximate surface area is 280 Å². The third kappa shape index (κ3) is 5.70. The number of likely N-dealkylation sites (tertiary alicyclic amines) is 1. The summed E-state index contributed by atoms with van der Waals surface area (Å²) >= 11 is 0. The first-order valence-corrected chi connectivity index (χ1v) is 16.9. The minimum absolute atomic E-state index is 0.0830. The van der Waals surface area contributed by atoms with Crippen LogP contribution in [-0.4, -0.2) is 101 Å². The van der Waals surface area contributed by atoms with Crippen LogP contribution in [0.15, 0.2) is 66.0 Å². The first kappa shape index (κ1) is 30.6. The van der Waals surface area contributed by atoms with Crippen molar-refractivity contribution < 1.29 is 19.1 Å². The van der Waals surface area contributed by atoms with E-state index in [0.717, 1.165) is 85.1 Å². The summed E-state index contributed by atoms with van der Waals surface area (Å²) in [5.41, 5.74) is 4.62. The average Bonchev–Trinajstić information content (AvgIpc) is 3.86. The maximum Gasteiger partial charge on any atom is 0.253 e. The van der Waals surface area contributed by atoms with Gasteiger partial charge >= 0.3 is 0 Å². The van der Waals surface area contributed by atoms with Gasteiger partial charge in [0, 0.05) is 97.9 Å². The number of amides is 1. The van der Waals surface area contributed by atoms with Crippen LogP contribution in [-0.2, 0) is 11.3 Å². The van der Waals surface area contributed by atoms with Gasteiger partial charge in [0.25, 0.3) is 5.91 Å². The van der Waals surface area contributed by atoms with Crippen molar-refractivity contribution in [2.75, 3.05) is 51.3 Å². The van der Waals surface area contributed by atoms with Gasteiger partial charge in [-0.25, -0.2) is 9.50 Å². The first-order valence-electron chi connectivity index (χ1n) is 16.9. The lowest BCUT2D eigenvalue weighted by atomic mass is 10.0. The maximum absolute atomic E-state index is 13.2. The highest BCUT2D eigenvalue weighted by molar-refractivity contribution is 5.94. The number of aromatic nitrogens is 3. The largest absolute Gasteiger partial charge is 0.497 e. The molecular weight excluding hydrogens is 606 g/mol. The number of anilines is 1. The normalized spacial score (nSPS) is 23.6. The Kier molecular flexibility index (Phi) is 8.07. The molecule has 48 heavy (non-hydrogen) atoms. The van der Waals surface area contributed by atoms with E-state index in [2.05, 4.69) is 44.8 Å². The van der Waals surface area contributed by atoms with Crippen LogP contribution >= 0.6 is 0 Å². The molecule has 4 saturated heterocycles. The Balaban J connectivity index is 0.953. The average molecular weight is 648 g/mol. The quantitative estimate of drug-likeness (QED) is 0.234. The van der Waals surface area contributed by atoms with Crippen molar-refractivity contribution in [3.63, 3.8) is 0 Å². The van der Waals surface area contributed by atoms with Gasteiger partial charge in [-0.3, -0.25) is 19.5 Å². The number of piperidine rings is 1. The molecule has 4 atom stereocenters. The monoisotopic (exact) mass is 647 g/mol. The van der Waals surface area contributed by atoms with Crippen molar-refractivity contribution in [1.29, 1.82) is 0 Å². The molecule has 248 valence electrons. The van der Waals surface area contributed by atoms with Crippen LogP contribution in [0.4, 0.5) is 5.82 Å². The zero-order valence-corrected chi connectivity index (χ0v) is 27.3. The molecule has 2 bridgehead atoms. The third-order valence-electron chi connectivity index (χ3n) is 10.8. The number of Topliss-reactive ketones (excluding diaryl/α,β-unsaturated/α-hetero) is 1. The second-order valence-corrected chi connectivity index (χ2v) is 13.6. The van der Waals surface area contributed by atoms with Crippen molar-refractivity contribution >= 4 is 29.7 Å². The molecule has 3 aromatic heterocycles. The fourth-order valence-corrected chi connectivity index (χ4v) is 8.39. The number of carbonyl (C=O) groups is 2. The van der Waals surface area contributed by atoms with Crippen LogP contribution in [0.5, 0.6) is 11.5 Å². The van der Waals surface area contributed by atoms with Crippen LogP contribution in [0.2, 0.25) is 0 Å². The summed E-state index contributed by atoms with van der Waals surface area (Å²) in [5, 5.41) is 4.62. The molecule has 8 rings (SSSR count). The molecule has 11 heteroatoms. The van der Waals surface area contributed by atoms with Crippen molar-refractivity contribution in [2.45, 2.75) is 44.3 Å². The number of rotatable bonds is 10. The number of carbonyl (C=O) groups excluding carboxylic acids is 2. The number of fused-ring (bicyclic) bond motifs is 4. The molecule has 4 unspecified atom stereocenters. The molecule has 1 aromatic carbocycles. The number of benzene rings is 1. The summed E-state index contributed by atoms with van der Waals surface area (Å²) < 4.78 is 13.4. The lowest BCUT2D eigenvalue weighted by Crippen LogP contribution is -2.44. The number of ketones is 1. The fraction of sp³-hybridized carbons (Fsp3) is 0.432. The molecule has 7 heterocycles. The Morgan fingerprint density at radius 1 is 0.979 bits per heavy atom. The van der Waals surface area contributed by atoms with Gasteiger partial charge in [-0.15, -0.1) is 0 Å². The highest BCUT2D eigenvalue weighted by Crippen LogP contribution is 2.37. The third-order valence-corrected chi connectivity index (χ3v) is 10.8. The predicted molar refractivity (Wildman–Crippen MR) is 183 cm³/mol. The Hall–Kier alpha value is -4.77. The molecule has 1 amide bonds. The van der Waals surface area contributed by atoms with Crippen LogP contribution in [0.3, 0.4) is 0 Å². The van der Waals surface area contributed by atoms with E-state index in [0.29, 0.717) is 61.3 Å². The number of aliphatic imine (C=N–C) groups is 1. The number of ether oxygens (including phenoxy) is 2. The lowest BCUT2D eigenvalue weighted by Gasteiger charge is -2.33. The number of hydrogen-bond acceptors (Lipinski definition) is 9. The van der Waals surface area contributed by atoms with Gasteiger partial charge in [0.2, 0.25) is 0 Å². The lowest BCUT2D eigenvalue weighted by molar-refractivity contribution is -0.123. The molecule has 4 fully saturated rings. The Morgan fingerprint density at radius 2 is 1.73 bits per heavy atom. The maximum atomic E-state index is 13.2. The molecule has 0 spiro atoms. The number of methoxy groups -OCH3 is 1. The van der Waals surface area contributed by atoms with Crippen LogP contribution in [0.1, 0.15) is 41.6 Å². The second kappa shape index (κ2) is 12.7. The summed E-state index contributed by atoms with van der Waals surface area (Å²) in [6.45, 7) is 8.79. The molecule has 4 aliphatic rings. The summed E-state index contributed by atoms with van der Waals surface area (Å²) in [4.78, 5) is 41.1. The number of hydrogen-bond donors (Lipinski definition) is 0. The Bertz CT molecular complexity index is 1810. The van der Waals surface area contributed by atoms with E-state index >= 15 is 0 Å². The van der Waals surface area contributed by atoms with E-state index in [9.17, 15) is 9.59 Å². The van der Waals surface area contributed by atoms with Crippen molar-refractivity contribution in [2.24, 2.45) is 16.8 Å². The Morgan fingerprint density at radius 3 is 2.40 bits per heavy atom. The zero-order chi connectivity index (χ0) is 32.8. The highest BCUT2D eigenvalue weighted by atomic mass is 16.5. The molecule has 0 N–H and O–H groups in total. The van der Waals surface area contributed by atoms with Gasteiger partial charge in [-0.2, -0.15) is 5.10 Å². The minimum Gasteiger partial charge on any atom is -0.497 e. The van der Waals surface area contributed by atoms with Gasteiger partial charge in [-0.1, -0.05) is 0 Å². The van der Waals surface area contributed by atoms with Gasteiger partial charge < -0.3 is 19.3 Å². The number of nitrogens with zero attached hydrogens (tertiary/aromatic N) is 7. The summed E-state index contributed by atoms with van der Waals surface area (Å²) in [5.74, 6) is 3.75. The molecule has 0 radical (unpaired) electrons. The molecule has 11 nitrogen and oxygen atoms in total. The first-order chi connectivity index (χ1) is 23.5. The van der Waals surface area contributed by atoms with E-state index in [-0.39, 0.29) is 5.91 Å². The SMILES string of the molecule is C=NCc1cnn2cc(OCCN3C4CCC3CC(=O)C4)cc(-c3ccc(N4CC5CN(C(=O)c6ccc(OC)cc6)CC5C4)nc3)c12. The van der Waals surface area contributed by atoms with Crippen molar-refractivity contribution in [1.82, 2.24) is 24.4 Å². The van der Waals surface area contributed by atoms with Gasteiger partial charge in [-0.05, 0) is 62.0 Å². The van der Waals surface area contributed by atoms with E-state index in [4.69, 9.17) is 14.5 Å². The smallest absolute Gasteiger partial charge is 0.253 e. The standard InChI is InChI=1S/C37H41N7O4/c1-38-16-26-18-40-44-23-33(48-12-11-43-29-6-7-30(43)14-31(45)13-29)15-34(36(26)44)25-5-10-35(39-17-25)41-19-27-21-42(22-28(27)20-41)37(46)24-3-8-32(47-2)9-4-24/h3-5,8-10,15,17-18,23,27-30H,1,6-7,11-14,16,19-22H2,2H3. The van der Waals surface area contributed by atoms with Crippen molar-refractivity contribution in [3.05, 3.63) is 72.2 Å². The van der Waals surface area contributed by atoms with Gasteiger partial charge in [0.05, 0.1) is 31.6 Å². The van der Waals surface area contributed by atoms with E-state index in [1.165, 1.54) is 0 Å². The van der Waals surface area contributed by atoms with Gasteiger partial charge in [0.15, 0.2) is 0 Å². The summed E-state index contributed by atoms with van der Waals surface area (Å²) in [6, 6.07) is 14.4. The summed E-state index contributed by atoms with van der Waals surface area (Å²) in [7, 11) is 1.63. The summed E-state index contributed by atoms with van der Waals surface area (Å²) in [6.07, 6.45) is 9.24. The molecule has 4 aliphatic heterocycles. The molecule has 0 saturated carbocycles. The topological polar surface area (TPSA) is 105 Å². The molecular formula is C37H41N7O4. The molecule has 4 aromatic rings. The van der Waals surface area contributed by atoms with Crippen molar-refractivity contribution in [3.8, 4) is 22.6 Å². The van der Waals surface area contributed by atoms with E-state index in [1.54, 1.807) is 7.11 Å². The van der Waals surface area contributed by atoms with Crippen LogP contribution in [0.25, 0.3) is 16.6 Å². The minimum atomic E-state index is 0.0830. The van der Waals surface area contributed by atoms with Crippen LogP contribution in [0, 0.1) is 11.8 Å². The predicted octanol–water partition coefficient (Wildman–Crippen LogP) is 4.39. The highest BCUT2D eigenvalue weighted by Gasteiger charge is 2.42. The van der Waals surface area contributed by atoms with Crippen LogP contribution < -0.4 is 14.4 Å². The number of pyridine rings is 2. The van der Waals surface area contributed by atoms with E-state index in [1.807, 2.05) is 52.3 Å². The second-order valence-electron chi connectivity index (χ2n) is 13.6. The zero-order valence-electron chi connectivity index (χ0n) is 27.3. The van der Waals surface area contributed by atoms with E-state index < -0.39 is 0 Å². The van der Waals surface area contributed by atoms with Gasteiger partial charge in [0.1, 0.15) is 29.7 Å².